The minimum Gasteiger partial charge on any atom is -0.242 e. The Kier molecular flexibility index (Phi) is 3.63. The van der Waals surface area contributed by atoms with Gasteiger partial charge in [-0.15, -0.1) is 0 Å². The van der Waals surface area contributed by atoms with Gasteiger partial charge in [-0.3, -0.25) is 0 Å². The van der Waals surface area contributed by atoms with Gasteiger partial charge in [-0.1, -0.05) is 53.4 Å². The highest BCUT2D eigenvalue weighted by molar-refractivity contribution is 9.10. The molecule has 18 heavy (non-hydrogen) atoms. The average molecular weight is 337 g/mol. The fourth-order valence-corrected chi connectivity index (χ4v) is 3.80. The Morgan fingerprint density at radius 2 is 2.06 bits per heavy atom. The van der Waals surface area contributed by atoms with Gasteiger partial charge in [0.2, 0.25) is 0 Å². The van der Waals surface area contributed by atoms with Crippen molar-refractivity contribution in [1.82, 2.24) is 9.97 Å². The van der Waals surface area contributed by atoms with Crippen molar-refractivity contribution >= 4 is 49.4 Å². The van der Waals surface area contributed by atoms with Crippen LogP contribution in [0.1, 0.15) is 5.56 Å². The van der Waals surface area contributed by atoms with Gasteiger partial charge in [0.15, 0.2) is 4.34 Å². The smallest absolute Gasteiger partial charge is 0.152 e. The molecule has 0 amide bonds. The molecule has 0 saturated carbocycles. The zero-order valence-electron chi connectivity index (χ0n) is 9.34. The van der Waals surface area contributed by atoms with Crippen LogP contribution in [0.15, 0.2) is 51.4 Å². The lowest BCUT2D eigenvalue weighted by atomic mass is 10.2. The molecule has 0 atom stereocenters. The first-order valence-corrected chi connectivity index (χ1v) is 7.99. The number of thiazole rings is 1. The molecule has 2 heterocycles. The van der Waals surface area contributed by atoms with Gasteiger partial charge in [0.1, 0.15) is 10.3 Å². The number of hydrogen-bond acceptors (Lipinski definition) is 4. The Balaban J connectivity index is 1.79. The van der Waals surface area contributed by atoms with Crippen LogP contribution in [0.5, 0.6) is 0 Å². The second-order valence-corrected chi connectivity index (χ2v) is 6.85. The van der Waals surface area contributed by atoms with Crippen LogP contribution in [-0.2, 0) is 5.75 Å². The van der Waals surface area contributed by atoms with Crippen molar-refractivity contribution in [2.45, 2.75) is 10.1 Å². The van der Waals surface area contributed by atoms with Crippen LogP contribution in [0.2, 0.25) is 0 Å². The number of hydrogen-bond donors (Lipinski definition) is 0. The largest absolute Gasteiger partial charge is 0.242 e. The van der Waals surface area contributed by atoms with E-state index in [9.17, 15) is 0 Å². The van der Waals surface area contributed by atoms with Gasteiger partial charge in [-0.05, 0) is 27.6 Å². The molecule has 2 nitrogen and oxygen atoms in total. The molecule has 0 bridgehead atoms. The van der Waals surface area contributed by atoms with Crippen molar-refractivity contribution in [3.05, 3.63) is 52.6 Å². The Hall–Kier alpha value is -0.910. The predicted molar refractivity (Wildman–Crippen MR) is 81.1 cm³/mol. The maximum atomic E-state index is 4.58. The molecule has 3 aromatic rings. The average Bonchev–Trinajstić information content (AvgIpc) is 2.79. The molecule has 0 spiro atoms. The topological polar surface area (TPSA) is 25.8 Å². The van der Waals surface area contributed by atoms with E-state index in [1.807, 2.05) is 18.3 Å². The van der Waals surface area contributed by atoms with Crippen LogP contribution in [0, 0.1) is 0 Å². The van der Waals surface area contributed by atoms with E-state index in [1.165, 1.54) is 5.56 Å². The van der Waals surface area contributed by atoms with Crippen molar-refractivity contribution in [1.29, 1.82) is 0 Å². The van der Waals surface area contributed by atoms with E-state index in [0.29, 0.717) is 0 Å². The highest BCUT2D eigenvalue weighted by Gasteiger charge is 2.06. The monoisotopic (exact) mass is 336 g/mol. The Labute approximate surface area is 122 Å². The van der Waals surface area contributed by atoms with Crippen molar-refractivity contribution in [2.24, 2.45) is 0 Å². The summed E-state index contributed by atoms with van der Waals surface area (Å²) in [5, 5.41) is 0. The number of halogens is 1. The van der Waals surface area contributed by atoms with Crippen LogP contribution < -0.4 is 0 Å². The van der Waals surface area contributed by atoms with Crippen LogP contribution in [0.4, 0.5) is 0 Å². The first-order chi connectivity index (χ1) is 8.81. The third-order valence-electron chi connectivity index (χ3n) is 2.40. The van der Waals surface area contributed by atoms with E-state index in [0.717, 1.165) is 24.9 Å². The molecular weight excluding hydrogens is 328 g/mol. The summed E-state index contributed by atoms with van der Waals surface area (Å²) in [7, 11) is 0. The highest BCUT2D eigenvalue weighted by atomic mass is 79.9. The molecule has 0 aliphatic heterocycles. The molecule has 5 heteroatoms. The summed E-state index contributed by atoms with van der Waals surface area (Å²) in [6, 6.07) is 12.4. The molecule has 0 fully saturated rings. The minimum atomic E-state index is 0.946. The summed E-state index contributed by atoms with van der Waals surface area (Å²) in [5.74, 6) is 0.946. The maximum Gasteiger partial charge on any atom is 0.152 e. The summed E-state index contributed by atoms with van der Waals surface area (Å²) in [6.45, 7) is 0. The minimum absolute atomic E-state index is 0.946. The SMILES string of the molecule is Brc1cnc2sc(SCc3ccccc3)nc2c1. The quantitative estimate of drug-likeness (QED) is 0.645. The number of nitrogens with zero attached hydrogens (tertiary/aromatic N) is 2. The fourth-order valence-electron chi connectivity index (χ4n) is 1.56. The molecule has 0 N–H and O–H groups in total. The van der Waals surface area contributed by atoms with Crippen LogP contribution in [-0.4, -0.2) is 9.97 Å². The van der Waals surface area contributed by atoms with Crippen LogP contribution in [0.25, 0.3) is 10.3 Å². The van der Waals surface area contributed by atoms with E-state index < -0.39 is 0 Å². The van der Waals surface area contributed by atoms with Gasteiger partial charge in [0.25, 0.3) is 0 Å². The number of aromatic nitrogens is 2. The van der Waals surface area contributed by atoms with Gasteiger partial charge in [0.05, 0.1) is 0 Å². The van der Waals surface area contributed by atoms with E-state index in [2.05, 4.69) is 50.2 Å². The third kappa shape index (κ3) is 2.74. The number of rotatable bonds is 3. The Bertz CT molecular complexity index is 667. The van der Waals surface area contributed by atoms with Gasteiger partial charge in [0, 0.05) is 16.4 Å². The number of thioether (sulfide) groups is 1. The van der Waals surface area contributed by atoms with Gasteiger partial charge in [-0.25, -0.2) is 9.97 Å². The second-order valence-electron chi connectivity index (χ2n) is 3.73. The zero-order chi connectivity index (χ0) is 12.4. The standard InChI is InChI=1S/C13H9BrN2S2/c14-10-6-11-12(15-7-10)18-13(16-11)17-8-9-4-2-1-3-5-9/h1-7H,8H2. The first-order valence-electron chi connectivity index (χ1n) is 5.40. The van der Waals surface area contributed by atoms with Crippen molar-refractivity contribution in [2.75, 3.05) is 0 Å². The van der Waals surface area contributed by atoms with Crippen molar-refractivity contribution in [3.8, 4) is 0 Å². The Morgan fingerprint density at radius 1 is 1.22 bits per heavy atom. The van der Waals surface area contributed by atoms with Crippen molar-refractivity contribution < 1.29 is 0 Å². The van der Waals surface area contributed by atoms with E-state index >= 15 is 0 Å². The van der Waals surface area contributed by atoms with Gasteiger partial charge < -0.3 is 0 Å². The molecule has 2 aromatic heterocycles. The zero-order valence-corrected chi connectivity index (χ0v) is 12.6. The summed E-state index contributed by atoms with van der Waals surface area (Å²) in [5.41, 5.74) is 2.28. The Morgan fingerprint density at radius 3 is 2.89 bits per heavy atom. The normalized spacial score (nSPS) is 10.9. The number of pyridine rings is 1. The summed E-state index contributed by atoms with van der Waals surface area (Å²) >= 11 is 6.82. The van der Waals surface area contributed by atoms with Gasteiger partial charge >= 0.3 is 0 Å². The lowest BCUT2D eigenvalue weighted by Crippen LogP contribution is -1.78. The first kappa shape index (κ1) is 12.1. The molecular formula is C13H9BrN2S2. The molecule has 1 aromatic carbocycles. The molecule has 0 unspecified atom stereocenters. The fraction of sp³-hybridized carbons (Fsp3) is 0.0769. The molecule has 0 aliphatic rings. The lowest BCUT2D eigenvalue weighted by molar-refractivity contribution is 1.28. The van der Waals surface area contributed by atoms with Crippen LogP contribution >= 0.6 is 39.0 Å². The summed E-state index contributed by atoms with van der Waals surface area (Å²) in [4.78, 5) is 9.92. The summed E-state index contributed by atoms with van der Waals surface area (Å²) in [6.07, 6.45) is 1.81. The molecule has 3 rings (SSSR count). The van der Waals surface area contributed by atoms with Crippen molar-refractivity contribution in [3.63, 3.8) is 0 Å². The molecule has 0 aliphatic carbocycles. The van der Waals surface area contributed by atoms with Crippen LogP contribution in [0.3, 0.4) is 0 Å². The third-order valence-corrected chi connectivity index (χ3v) is 5.03. The maximum absolute atomic E-state index is 4.58. The lowest BCUT2D eigenvalue weighted by Gasteiger charge is -1.96. The van der Waals surface area contributed by atoms with E-state index in [-0.39, 0.29) is 0 Å². The molecule has 0 saturated heterocycles. The summed E-state index contributed by atoms with van der Waals surface area (Å²) < 4.78 is 2.04. The van der Waals surface area contributed by atoms with E-state index in [1.54, 1.807) is 23.1 Å². The van der Waals surface area contributed by atoms with Gasteiger partial charge in [-0.2, -0.15) is 0 Å². The molecule has 90 valence electrons. The number of fused-ring (bicyclic) bond motifs is 1. The van der Waals surface area contributed by atoms with E-state index in [4.69, 9.17) is 0 Å². The number of benzene rings is 1. The molecule has 0 radical (unpaired) electrons. The highest BCUT2D eigenvalue weighted by Crippen LogP contribution is 2.31. The predicted octanol–water partition coefficient (Wildman–Crippen LogP) is 4.75. The second kappa shape index (κ2) is 5.38.